The predicted molar refractivity (Wildman–Crippen MR) is 112 cm³/mol. The lowest BCUT2D eigenvalue weighted by atomic mass is 10.0. The van der Waals surface area contributed by atoms with Crippen LogP contribution in [0.15, 0.2) is 53.4 Å². The van der Waals surface area contributed by atoms with Crippen molar-refractivity contribution in [3.8, 4) is 5.75 Å². The molecule has 2 aromatic rings. The molecular weight excluding hydrogens is 423 g/mol. The van der Waals surface area contributed by atoms with Crippen LogP contribution in [0.4, 0.5) is 4.39 Å². The number of carbonyl (C=O) groups is 1. The molecule has 0 aliphatic carbocycles. The van der Waals surface area contributed by atoms with Gasteiger partial charge in [0.1, 0.15) is 17.6 Å². The highest BCUT2D eigenvalue weighted by atomic mass is 32.2. The molecule has 2 saturated heterocycles. The summed E-state index contributed by atoms with van der Waals surface area (Å²) < 4.78 is 45.1. The second-order valence-electron chi connectivity index (χ2n) is 7.59. The lowest BCUT2D eigenvalue weighted by molar-refractivity contribution is -0.134. The van der Waals surface area contributed by atoms with Crippen molar-refractivity contribution >= 4 is 15.9 Å². The van der Waals surface area contributed by atoms with Gasteiger partial charge >= 0.3 is 0 Å². The van der Waals surface area contributed by atoms with Gasteiger partial charge in [-0.25, -0.2) is 23.7 Å². The van der Waals surface area contributed by atoms with Gasteiger partial charge in [0, 0.05) is 32.2 Å². The molecule has 0 bridgehead atoms. The Balaban J connectivity index is 1.33. The Kier molecular flexibility index (Phi) is 6.24. The van der Waals surface area contributed by atoms with Crippen molar-refractivity contribution in [1.82, 2.24) is 20.1 Å². The van der Waals surface area contributed by atoms with E-state index in [4.69, 9.17) is 4.74 Å². The molecular formula is C21H25FN4O4S. The van der Waals surface area contributed by atoms with Crippen LogP contribution in [-0.2, 0) is 14.8 Å². The fourth-order valence-electron chi connectivity index (χ4n) is 3.90. The SMILES string of the molecule is COc1ccc(C2CC(C(=O)N3CCN(S(=O)(=O)c4ccc(F)cc4)CC3)NN2)cc1. The lowest BCUT2D eigenvalue weighted by Crippen LogP contribution is -2.54. The van der Waals surface area contributed by atoms with Crippen molar-refractivity contribution in [3.63, 3.8) is 0 Å². The first-order chi connectivity index (χ1) is 14.9. The van der Waals surface area contributed by atoms with Gasteiger partial charge in [-0.1, -0.05) is 12.1 Å². The third-order valence-corrected chi connectivity index (χ3v) is 7.63. The first-order valence-electron chi connectivity index (χ1n) is 10.1. The minimum Gasteiger partial charge on any atom is -0.497 e. The Labute approximate surface area is 181 Å². The van der Waals surface area contributed by atoms with E-state index in [-0.39, 0.29) is 36.0 Å². The zero-order chi connectivity index (χ0) is 22.0. The number of halogens is 1. The van der Waals surface area contributed by atoms with Crippen LogP contribution >= 0.6 is 0 Å². The van der Waals surface area contributed by atoms with Crippen molar-refractivity contribution in [2.45, 2.75) is 23.4 Å². The van der Waals surface area contributed by atoms with E-state index in [0.29, 0.717) is 19.5 Å². The summed E-state index contributed by atoms with van der Waals surface area (Å²) in [7, 11) is -2.09. The number of hydrazine groups is 1. The van der Waals surface area contributed by atoms with E-state index in [1.54, 1.807) is 12.0 Å². The fraction of sp³-hybridized carbons (Fsp3) is 0.381. The van der Waals surface area contributed by atoms with Gasteiger partial charge in [0.25, 0.3) is 0 Å². The highest BCUT2D eigenvalue weighted by molar-refractivity contribution is 7.89. The normalized spacial score (nSPS) is 22.5. The highest BCUT2D eigenvalue weighted by Gasteiger charge is 2.36. The van der Waals surface area contributed by atoms with Gasteiger partial charge in [0.05, 0.1) is 12.0 Å². The second-order valence-corrected chi connectivity index (χ2v) is 9.52. The van der Waals surface area contributed by atoms with Crippen LogP contribution in [-0.4, -0.2) is 62.9 Å². The van der Waals surface area contributed by atoms with E-state index in [2.05, 4.69) is 10.9 Å². The summed E-state index contributed by atoms with van der Waals surface area (Å²) in [6, 6.07) is 12.1. The Morgan fingerprint density at radius 2 is 1.65 bits per heavy atom. The molecule has 2 aromatic carbocycles. The molecule has 0 aromatic heterocycles. The quantitative estimate of drug-likeness (QED) is 0.716. The zero-order valence-electron chi connectivity index (χ0n) is 17.1. The van der Waals surface area contributed by atoms with Crippen molar-refractivity contribution in [2.24, 2.45) is 0 Å². The van der Waals surface area contributed by atoms with Crippen LogP contribution in [0.1, 0.15) is 18.0 Å². The summed E-state index contributed by atoms with van der Waals surface area (Å²) >= 11 is 0. The van der Waals surface area contributed by atoms with E-state index in [1.165, 1.54) is 16.4 Å². The topological polar surface area (TPSA) is 91.0 Å². The van der Waals surface area contributed by atoms with Gasteiger partial charge in [-0.05, 0) is 48.4 Å². The van der Waals surface area contributed by atoms with Crippen LogP contribution < -0.4 is 15.6 Å². The van der Waals surface area contributed by atoms with E-state index in [0.717, 1.165) is 23.4 Å². The molecule has 2 N–H and O–H groups in total. The van der Waals surface area contributed by atoms with E-state index in [1.807, 2.05) is 24.3 Å². The van der Waals surface area contributed by atoms with Crippen molar-refractivity contribution in [1.29, 1.82) is 0 Å². The maximum Gasteiger partial charge on any atom is 0.243 e. The van der Waals surface area contributed by atoms with Gasteiger partial charge in [-0.2, -0.15) is 4.31 Å². The molecule has 31 heavy (non-hydrogen) atoms. The second kappa shape index (κ2) is 8.91. The number of hydrogen-bond donors (Lipinski definition) is 2. The predicted octanol–water partition coefficient (Wildman–Crippen LogP) is 1.27. The number of nitrogens with one attached hydrogen (secondary N) is 2. The van der Waals surface area contributed by atoms with Gasteiger partial charge in [-0.15, -0.1) is 0 Å². The number of methoxy groups -OCH3 is 1. The van der Waals surface area contributed by atoms with Crippen molar-refractivity contribution in [3.05, 3.63) is 59.9 Å². The zero-order valence-corrected chi connectivity index (χ0v) is 17.9. The third kappa shape index (κ3) is 4.57. The lowest BCUT2D eigenvalue weighted by Gasteiger charge is -2.35. The van der Waals surface area contributed by atoms with E-state index < -0.39 is 15.8 Å². The molecule has 2 heterocycles. The number of amides is 1. The number of sulfonamides is 1. The van der Waals surface area contributed by atoms with Crippen molar-refractivity contribution in [2.75, 3.05) is 33.3 Å². The largest absolute Gasteiger partial charge is 0.497 e. The number of hydrogen-bond acceptors (Lipinski definition) is 6. The Morgan fingerprint density at radius 3 is 2.26 bits per heavy atom. The average molecular weight is 449 g/mol. The number of rotatable bonds is 5. The number of piperazine rings is 1. The van der Waals surface area contributed by atoms with Crippen LogP contribution in [0.25, 0.3) is 0 Å². The maximum atomic E-state index is 13.1. The molecule has 2 unspecified atom stereocenters. The fourth-order valence-corrected chi connectivity index (χ4v) is 5.32. The number of ether oxygens (including phenoxy) is 1. The monoisotopic (exact) mass is 448 g/mol. The van der Waals surface area contributed by atoms with Crippen LogP contribution in [0.5, 0.6) is 5.75 Å². The van der Waals surface area contributed by atoms with Gasteiger partial charge in [0.15, 0.2) is 0 Å². The smallest absolute Gasteiger partial charge is 0.243 e. The van der Waals surface area contributed by atoms with Crippen molar-refractivity contribution < 1.29 is 22.3 Å². The number of nitrogens with zero attached hydrogens (tertiary/aromatic N) is 2. The number of carbonyl (C=O) groups excluding carboxylic acids is 1. The Morgan fingerprint density at radius 1 is 1.00 bits per heavy atom. The Hall–Kier alpha value is -2.53. The average Bonchev–Trinajstić information content (AvgIpc) is 3.29. The Bertz CT molecular complexity index is 1020. The molecule has 10 heteroatoms. The molecule has 8 nitrogen and oxygen atoms in total. The third-order valence-electron chi connectivity index (χ3n) is 5.72. The summed E-state index contributed by atoms with van der Waals surface area (Å²) in [6.45, 7) is 1.02. The summed E-state index contributed by atoms with van der Waals surface area (Å²) in [5, 5.41) is 0. The first kappa shape index (κ1) is 21.7. The standard InChI is InChI=1S/C21H25FN4O4S/c1-30-17-6-2-15(3-7-17)19-14-20(24-23-19)21(27)25-10-12-26(13-11-25)31(28,29)18-8-4-16(22)5-9-18/h2-9,19-20,23-24H,10-14H2,1H3. The molecule has 1 amide bonds. The van der Waals surface area contributed by atoms with E-state index in [9.17, 15) is 17.6 Å². The summed E-state index contributed by atoms with van der Waals surface area (Å²) in [5.41, 5.74) is 7.28. The summed E-state index contributed by atoms with van der Waals surface area (Å²) in [4.78, 5) is 14.7. The summed E-state index contributed by atoms with van der Waals surface area (Å²) in [5.74, 6) is 0.234. The van der Waals surface area contributed by atoms with E-state index >= 15 is 0 Å². The van der Waals surface area contributed by atoms with Gasteiger partial charge in [-0.3, -0.25) is 4.79 Å². The molecule has 2 aliphatic heterocycles. The molecule has 2 aliphatic rings. The number of benzene rings is 2. The first-order valence-corrected chi connectivity index (χ1v) is 11.5. The molecule has 2 fully saturated rings. The summed E-state index contributed by atoms with van der Waals surface area (Å²) in [6.07, 6.45) is 0.596. The minimum atomic E-state index is -3.71. The molecule has 0 radical (unpaired) electrons. The molecule has 4 rings (SSSR count). The van der Waals surface area contributed by atoms with Crippen LogP contribution in [0.2, 0.25) is 0 Å². The molecule has 0 saturated carbocycles. The minimum absolute atomic E-state index is 0.000000888. The van der Waals surface area contributed by atoms with Crippen LogP contribution in [0.3, 0.4) is 0 Å². The van der Waals surface area contributed by atoms with Gasteiger partial charge < -0.3 is 9.64 Å². The molecule has 0 spiro atoms. The van der Waals surface area contributed by atoms with Gasteiger partial charge in [0.2, 0.25) is 15.9 Å². The molecule has 166 valence electrons. The highest BCUT2D eigenvalue weighted by Crippen LogP contribution is 2.25. The molecule has 2 atom stereocenters. The maximum absolute atomic E-state index is 13.1. The van der Waals surface area contributed by atoms with Crippen LogP contribution in [0, 0.1) is 5.82 Å².